The van der Waals surface area contributed by atoms with Crippen LogP contribution in [0.2, 0.25) is 0 Å². The molecule has 0 radical (unpaired) electrons. The summed E-state index contributed by atoms with van der Waals surface area (Å²) in [7, 11) is 3.99. The van der Waals surface area contributed by atoms with E-state index in [0.717, 1.165) is 6.54 Å². The van der Waals surface area contributed by atoms with Gasteiger partial charge in [-0.25, -0.2) is 0 Å². The highest BCUT2D eigenvalue weighted by molar-refractivity contribution is 6.12. The second kappa shape index (κ2) is 12.5. The minimum Gasteiger partial charge on any atom is -0.289 e. The number of hydrazine groups is 1. The maximum Gasteiger partial charge on any atom is 0.250 e. The van der Waals surface area contributed by atoms with Crippen molar-refractivity contribution in [3.8, 4) is 0 Å². The van der Waals surface area contributed by atoms with Crippen molar-refractivity contribution in [1.82, 2.24) is 15.8 Å². The largest absolute Gasteiger partial charge is 0.289 e. The van der Waals surface area contributed by atoms with Gasteiger partial charge in [-0.05, 0) is 12.0 Å². The second-order valence-electron chi connectivity index (χ2n) is 4.60. The number of rotatable bonds is 4. The summed E-state index contributed by atoms with van der Waals surface area (Å²) in [6, 6.07) is 10.0. The molecule has 0 atom stereocenters. The summed E-state index contributed by atoms with van der Waals surface area (Å²) in [6.45, 7) is 6.86. The molecule has 0 aromatic heterocycles. The maximum absolute atomic E-state index is 10.0. The number of benzene rings is 1. The Morgan fingerprint density at radius 3 is 1.91 bits per heavy atom. The molecule has 2 N–H and O–H groups in total. The molecular weight excluding hydrogens is 278 g/mol. The van der Waals surface area contributed by atoms with Gasteiger partial charge in [-0.2, -0.15) is 0 Å². The van der Waals surface area contributed by atoms with Crippen LogP contribution in [0.4, 0.5) is 0 Å². The Bertz CT molecular complexity index is 466. The molecule has 2 rings (SSSR count). The van der Waals surface area contributed by atoms with E-state index < -0.39 is 0 Å². The topological polar surface area (TPSA) is 61.4 Å². The van der Waals surface area contributed by atoms with Crippen molar-refractivity contribution in [2.45, 2.75) is 13.3 Å². The van der Waals surface area contributed by atoms with E-state index in [1.54, 1.807) is 0 Å². The minimum atomic E-state index is -0.329. The van der Waals surface area contributed by atoms with E-state index in [4.69, 9.17) is 0 Å². The fourth-order valence-corrected chi connectivity index (χ4v) is 1.28. The molecule has 5 nitrogen and oxygen atoms in total. The number of amides is 2. The third kappa shape index (κ3) is 11.6. The molecule has 0 spiro atoms. The Kier molecular flexibility index (Phi) is 11.2. The molecule has 2 amide bonds. The molecule has 0 saturated carbocycles. The van der Waals surface area contributed by atoms with E-state index in [1.807, 2.05) is 60.8 Å². The summed E-state index contributed by atoms with van der Waals surface area (Å²) in [5.41, 5.74) is 4.30. The van der Waals surface area contributed by atoms with Crippen LogP contribution >= 0.6 is 0 Å². The van der Waals surface area contributed by atoms with E-state index in [9.17, 15) is 9.59 Å². The van der Waals surface area contributed by atoms with Gasteiger partial charge in [-0.15, -0.1) is 0 Å². The van der Waals surface area contributed by atoms with Crippen LogP contribution in [0.1, 0.15) is 18.9 Å². The first-order valence-electron chi connectivity index (χ1n) is 7.11. The Morgan fingerprint density at radius 2 is 1.68 bits per heavy atom. The number of hydrogen-bond acceptors (Lipinski definition) is 4. The van der Waals surface area contributed by atoms with Crippen molar-refractivity contribution in [2.75, 3.05) is 20.6 Å². The SMILES string of the molecule is C=Cc1ccccc1.CCCNN(C)C.O=C1C=CC(=O)N1. The summed E-state index contributed by atoms with van der Waals surface area (Å²) in [5, 5.41) is 3.99. The van der Waals surface area contributed by atoms with Crippen molar-refractivity contribution in [3.63, 3.8) is 0 Å². The Labute approximate surface area is 132 Å². The van der Waals surface area contributed by atoms with Crippen LogP contribution in [0, 0.1) is 0 Å². The Morgan fingerprint density at radius 1 is 1.14 bits per heavy atom. The highest BCUT2D eigenvalue weighted by Gasteiger charge is 2.06. The summed E-state index contributed by atoms with van der Waals surface area (Å²) in [6.07, 6.45) is 5.42. The predicted molar refractivity (Wildman–Crippen MR) is 90.8 cm³/mol. The molecule has 0 aliphatic carbocycles. The molecule has 5 heteroatoms. The number of nitrogens with zero attached hydrogens (tertiary/aromatic N) is 1. The van der Waals surface area contributed by atoms with Gasteiger partial charge in [0.2, 0.25) is 0 Å². The summed E-state index contributed by atoms with van der Waals surface area (Å²) < 4.78 is 0. The van der Waals surface area contributed by atoms with Gasteiger partial charge in [0.25, 0.3) is 11.8 Å². The van der Waals surface area contributed by atoms with Crippen LogP contribution in [-0.4, -0.2) is 37.5 Å². The molecular formula is C17H25N3O2. The molecule has 0 saturated heterocycles. The zero-order valence-electron chi connectivity index (χ0n) is 13.5. The smallest absolute Gasteiger partial charge is 0.250 e. The van der Waals surface area contributed by atoms with Crippen molar-refractivity contribution >= 4 is 17.9 Å². The van der Waals surface area contributed by atoms with Crippen LogP contribution < -0.4 is 10.7 Å². The average molecular weight is 303 g/mol. The summed E-state index contributed by atoms with van der Waals surface area (Å²) in [4.78, 5) is 20.1. The Balaban J connectivity index is 0.000000302. The van der Waals surface area contributed by atoms with E-state index >= 15 is 0 Å². The summed E-state index contributed by atoms with van der Waals surface area (Å²) >= 11 is 0. The highest BCUT2D eigenvalue weighted by atomic mass is 16.2. The highest BCUT2D eigenvalue weighted by Crippen LogP contribution is 1.97. The first kappa shape index (κ1) is 19.8. The standard InChI is InChI=1S/C8H8.C5H14N2.C4H3NO2/c1-2-8-6-4-3-5-7-8;1-4-5-6-7(2)3;6-3-1-2-4(7)5-3/h2-7H,1H2;6H,4-5H2,1-3H3;1-2H,(H,5,6,7). The number of imide groups is 1. The molecule has 22 heavy (non-hydrogen) atoms. The third-order valence-electron chi connectivity index (χ3n) is 2.35. The van der Waals surface area contributed by atoms with Gasteiger partial charge in [0.1, 0.15) is 0 Å². The van der Waals surface area contributed by atoms with Gasteiger partial charge in [0.15, 0.2) is 0 Å². The van der Waals surface area contributed by atoms with Gasteiger partial charge in [-0.3, -0.25) is 25.3 Å². The lowest BCUT2D eigenvalue weighted by Crippen LogP contribution is -2.30. The monoisotopic (exact) mass is 303 g/mol. The lowest BCUT2D eigenvalue weighted by molar-refractivity contribution is -0.123. The van der Waals surface area contributed by atoms with Crippen LogP contribution in [0.15, 0.2) is 49.1 Å². The number of nitrogens with one attached hydrogen (secondary N) is 2. The molecule has 120 valence electrons. The van der Waals surface area contributed by atoms with E-state index in [1.165, 1.54) is 24.1 Å². The molecule has 1 aliphatic rings. The predicted octanol–water partition coefficient (Wildman–Crippen LogP) is 1.99. The van der Waals surface area contributed by atoms with Crippen LogP contribution in [-0.2, 0) is 9.59 Å². The molecule has 1 aromatic carbocycles. The van der Waals surface area contributed by atoms with Crippen molar-refractivity contribution in [1.29, 1.82) is 0 Å². The molecule has 1 heterocycles. The fourth-order valence-electron chi connectivity index (χ4n) is 1.28. The second-order valence-corrected chi connectivity index (χ2v) is 4.60. The molecule has 0 fully saturated rings. The number of hydrogen-bond donors (Lipinski definition) is 2. The van der Waals surface area contributed by atoms with Crippen molar-refractivity contribution in [2.24, 2.45) is 0 Å². The van der Waals surface area contributed by atoms with E-state index in [2.05, 4.69) is 18.9 Å². The Hall–Kier alpha value is -2.24. The third-order valence-corrected chi connectivity index (χ3v) is 2.35. The number of carbonyl (C=O) groups excluding carboxylic acids is 2. The lowest BCUT2D eigenvalue weighted by atomic mass is 10.2. The van der Waals surface area contributed by atoms with Crippen LogP contribution in [0.5, 0.6) is 0 Å². The molecule has 1 aliphatic heterocycles. The van der Waals surface area contributed by atoms with Crippen LogP contribution in [0.3, 0.4) is 0 Å². The van der Waals surface area contributed by atoms with Crippen molar-refractivity contribution < 1.29 is 9.59 Å². The van der Waals surface area contributed by atoms with E-state index in [-0.39, 0.29) is 11.8 Å². The van der Waals surface area contributed by atoms with E-state index in [0.29, 0.717) is 0 Å². The lowest BCUT2D eigenvalue weighted by Gasteiger charge is -2.08. The first-order valence-corrected chi connectivity index (χ1v) is 7.11. The quantitative estimate of drug-likeness (QED) is 0.659. The normalized spacial score (nSPS) is 12.0. The maximum atomic E-state index is 10.0. The van der Waals surface area contributed by atoms with Crippen LogP contribution in [0.25, 0.3) is 6.08 Å². The minimum absolute atomic E-state index is 0.329. The average Bonchev–Trinajstić information content (AvgIpc) is 2.90. The zero-order chi connectivity index (χ0) is 16.8. The molecule has 1 aromatic rings. The number of carbonyl (C=O) groups is 2. The van der Waals surface area contributed by atoms with Gasteiger partial charge >= 0.3 is 0 Å². The van der Waals surface area contributed by atoms with Gasteiger partial charge < -0.3 is 0 Å². The zero-order valence-corrected chi connectivity index (χ0v) is 13.5. The van der Waals surface area contributed by atoms with Crippen molar-refractivity contribution in [3.05, 3.63) is 54.6 Å². The van der Waals surface area contributed by atoms with Gasteiger partial charge in [0, 0.05) is 32.8 Å². The molecule has 0 unspecified atom stereocenters. The van der Waals surface area contributed by atoms with Gasteiger partial charge in [-0.1, -0.05) is 49.9 Å². The first-order chi connectivity index (χ1) is 10.5. The summed E-state index contributed by atoms with van der Waals surface area (Å²) in [5.74, 6) is -0.657. The fraction of sp³-hybridized carbons (Fsp3) is 0.294. The molecule has 0 bridgehead atoms. The van der Waals surface area contributed by atoms with Gasteiger partial charge in [0.05, 0.1) is 0 Å².